The van der Waals surface area contributed by atoms with Crippen molar-refractivity contribution in [2.45, 2.75) is 12.8 Å². The number of para-hydroxylation sites is 2. The summed E-state index contributed by atoms with van der Waals surface area (Å²) in [5.41, 5.74) is 2.19. The minimum absolute atomic E-state index is 0.326. The van der Waals surface area contributed by atoms with Crippen LogP contribution in [0.5, 0.6) is 0 Å². The number of aromatic nitrogens is 2. The van der Waals surface area contributed by atoms with Crippen molar-refractivity contribution in [2.75, 3.05) is 31.1 Å². The molecule has 0 atom stereocenters. The van der Waals surface area contributed by atoms with Gasteiger partial charge in [0.05, 0.1) is 11.0 Å². The van der Waals surface area contributed by atoms with E-state index >= 15 is 0 Å². The monoisotopic (exact) mass is 284 g/mol. The quantitative estimate of drug-likeness (QED) is 0.841. The van der Waals surface area contributed by atoms with E-state index in [0.29, 0.717) is 11.8 Å². The Labute approximate surface area is 124 Å². The SMILES string of the molecule is Cn1c(N2CCN(C(=O)C3CC3)CC2)nc2ccccc21. The van der Waals surface area contributed by atoms with Crippen molar-refractivity contribution in [1.82, 2.24) is 14.5 Å². The first-order valence-electron chi connectivity index (χ1n) is 7.69. The number of amides is 1. The third-order valence-electron chi connectivity index (χ3n) is 4.56. The molecule has 1 amide bonds. The molecule has 5 heteroatoms. The Bertz CT molecular complexity index is 681. The summed E-state index contributed by atoms with van der Waals surface area (Å²) in [5, 5.41) is 0. The summed E-state index contributed by atoms with van der Waals surface area (Å²) in [6.07, 6.45) is 2.17. The van der Waals surface area contributed by atoms with Crippen LogP contribution in [0, 0.1) is 5.92 Å². The normalized spacial score (nSPS) is 19.3. The molecule has 5 nitrogen and oxygen atoms in total. The number of hydrogen-bond acceptors (Lipinski definition) is 3. The second-order valence-corrected chi connectivity index (χ2v) is 6.05. The van der Waals surface area contributed by atoms with Crippen LogP contribution in [-0.2, 0) is 11.8 Å². The van der Waals surface area contributed by atoms with E-state index in [2.05, 4.69) is 22.6 Å². The summed E-state index contributed by atoms with van der Waals surface area (Å²) >= 11 is 0. The standard InChI is InChI=1S/C16H20N4O/c1-18-14-5-3-2-4-13(14)17-16(18)20-10-8-19(9-11-20)15(21)12-6-7-12/h2-5,12H,6-11H2,1H3. The number of benzene rings is 1. The van der Waals surface area contributed by atoms with E-state index in [9.17, 15) is 4.79 Å². The molecule has 1 saturated carbocycles. The number of fused-ring (bicyclic) bond motifs is 1. The van der Waals surface area contributed by atoms with Crippen LogP contribution in [0.2, 0.25) is 0 Å². The third-order valence-corrected chi connectivity index (χ3v) is 4.56. The molecule has 2 aromatic rings. The van der Waals surface area contributed by atoms with Gasteiger partial charge in [0.2, 0.25) is 11.9 Å². The van der Waals surface area contributed by atoms with E-state index in [1.807, 2.05) is 23.1 Å². The average molecular weight is 284 g/mol. The van der Waals surface area contributed by atoms with Crippen LogP contribution < -0.4 is 4.90 Å². The molecule has 1 aromatic heterocycles. The fourth-order valence-corrected chi connectivity index (χ4v) is 3.13. The van der Waals surface area contributed by atoms with Crippen LogP contribution in [0.4, 0.5) is 5.95 Å². The highest BCUT2D eigenvalue weighted by atomic mass is 16.2. The first-order chi connectivity index (χ1) is 10.2. The fraction of sp³-hybridized carbons (Fsp3) is 0.500. The van der Waals surface area contributed by atoms with Crippen LogP contribution >= 0.6 is 0 Å². The van der Waals surface area contributed by atoms with Gasteiger partial charge in [0.25, 0.3) is 0 Å². The molecule has 2 fully saturated rings. The predicted molar refractivity (Wildman–Crippen MR) is 82.2 cm³/mol. The number of carbonyl (C=O) groups excluding carboxylic acids is 1. The zero-order valence-corrected chi connectivity index (χ0v) is 12.3. The molecule has 4 rings (SSSR count). The largest absolute Gasteiger partial charge is 0.339 e. The molecule has 0 unspecified atom stereocenters. The van der Waals surface area contributed by atoms with Crippen molar-refractivity contribution in [3.05, 3.63) is 24.3 Å². The van der Waals surface area contributed by atoms with Crippen molar-refractivity contribution in [3.8, 4) is 0 Å². The van der Waals surface area contributed by atoms with E-state index in [0.717, 1.165) is 56.0 Å². The van der Waals surface area contributed by atoms with Gasteiger partial charge in [-0.15, -0.1) is 0 Å². The second-order valence-electron chi connectivity index (χ2n) is 6.05. The lowest BCUT2D eigenvalue weighted by Crippen LogP contribution is -2.49. The van der Waals surface area contributed by atoms with Gasteiger partial charge in [-0.3, -0.25) is 4.79 Å². The molecule has 1 aliphatic heterocycles. The maximum Gasteiger partial charge on any atom is 0.225 e. The van der Waals surface area contributed by atoms with Gasteiger partial charge in [-0.2, -0.15) is 0 Å². The fourth-order valence-electron chi connectivity index (χ4n) is 3.13. The predicted octanol–water partition coefficient (Wildman–Crippen LogP) is 1.63. The van der Waals surface area contributed by atoms with Gasteiger partial charge in [-0.25, -0.2) is 4.98 Å². The molecular weight excluding hydrogens is 264 g/mol. The van der Waals surface area contributed by atoms with Crippen molar-refractivity contribution in [2.24, 2.45) is 13.0 Å². The molecule has 1 aromatic carbocycles. The number of aryl methyl sites for hydroxylation is 1. The topological polar surface area (TPSA) is 41.4 Å². The molecule has 2 heterocycles. The zero-order chi connectivity index (χ0) is 14.4. The number of carbonyl (C=O) groups is 1. The summed E-state index contributed by atoms with van der Waals surface area (Å²) in [7, 11) is 2.06. The summed E-state index contributed by atoms with van der Waals surface area (Å²) in [6.45, 7) is 3.38. The number of piperazine rings is 1. The first-order valence-corrected chi connectivity index (χ1v) is 7.69. The molecule has 1 aliphatic carbocycles. The summed E-state index contributed by atoms with van der Waals surface area (Å²) in [5.74, 6) is 1.70. The van der Waals surface area contributed by atoms with Crippen molar-refractivity contribution in [1.29, 1.82) is 0 Å². The highest BCUT2D eigenvalue weighted by molar-refractivity contribution is 5.81. The van der Waals surface area contributed by atoms with Gasteiger partial charge in [0, 0.05) is 39.1 Å². The minimum atomic E-state index is 0.326. The Hall–Kier alpha value is -2.04. The zero-order valence-electron chi connectivity index (χ0n) is 12.3. The molecule has 0 radical (unpaired) electrons. The van der Waals surface area contributed by atoms with Gasteiger partial charge in [0.15, 0.2) is 0 Å². The molecule has 1 saturated heterocycles. The second kappa shape index (κ2) is 4.76. The lowest BCUT2D eigenvalue weighted by atomic mass is 10.3. The Kier molecular flexibility index (Phi) is 2.87. The Morgan fingerprint density at radius 3 is 2.52 bits per heavy atom. The third kappa shape index (κ3) is 2.17. The van der Waals surface area contributed by atoms with Crippen molar-refractivity contribution >= 4 is 22.9 Å². The summed E-state index contributed by atoms with van der Waals surface area (Å²) in [4.78, 5) is 21.1. The number of rotatable bonds is 2. The summed E-state index contributed by atoms with van der Waals surface area (Å²) in [6, 6.07) is 8.20. The smallest absolute Gasteiger partial charge is 0.225 e. The van der Waals surface area contributed by atoms with Crippen LogP contribution in [0.1, 0.15) is 12.8 Å². The first kappa shape index (κ1) is 12.7. The Balaban J connectivity index is 1.52. The minimum Gasteiger partial charge on any atom is -0.339 e. The highest BCUT2D eigenvalue weighted by Gasteiger charge is 2.35. The molecule has 0 bridgehead atoms. The van der Waals surface area contributed by atoms with Crippen LogP contribution in [0.25, 0.3) is 11.0 Å². The molecule has 0 N–H and O–H groups in total. The molecule has 0 spiro atoms. The molecule has 2 aliphatic rings. The molecule has 110 valence electrons. The van der Waals surface area contributed by atoms with Gasteiger partial charge in [0.1, 0.15) is 0 Å². The van der Waals surface area contributed by atoms with Crippen LogP contribution in [0.15, 0.2) is 24.3 Å². The molecule has 21 heavy (non-hydrogen) atoms. The van der Waals surface area contributed by atoms with E-state index in [1.165, 1.54) is 0 Å². The number of imidazole rings is 1. The number of nitrogens with zero attached hydrogens (tertiary/aromatic N) is 4. The van der Waals surface area contributed by atoms with Gasteiger partial charge < -0.3 is 14.4 Å². The Morgan fingerprint density at radius 1 is 1.14 bits per heavy atom. The maximum absolute atomic E-state index is 12.1. The lowest BCUT2D eigenvalue weighted by Gasteiger charge is -2.35. The Morgan fingerprint density at radius 2 is 1.86 bits per heavy atom. The molecular formula is C16H20N4O. The van der Waals surface area contributed by atoms with E-state index < -0.39 is 0 Å². The highest BCUT2D eigenvalue weighted by Crippen LogP contribution is 2.31. The lowest BCUT2D eigenvalue weighted by molar-refractivity contribution is -0.132. The van der Waals surface area contributed by atoms with Gasteiger partial charge in [-0.05, 0) is 25.0 Å². The van der Waals surface area contributed by atoms with Crippen molar-refractivity contribution in [3.63, 3.8) is 0 Å². The van der Waals surface area contributed by atoms with Crippen molar-refractivity contribution < 1.29 is 4.79 Å². The van der Waals surface area contributed by atoms with E-state index in [4.69, 9.17) is 4.98 Å². The average Bonchev–Trinajstić information content (AvgIpc) is 3.32. The van der Waals surface area contributed by atoms with Crippen LogP contribution in [0.3, 0.4) is 0 Å². The van der Waals surface area contributed by atoms with Gasteiger partial charge >= 0.3 is 0 Å². The number of hydrogen-bond donors (Lipinski definition) is 0. The maximum atomic E-state index is 12.1. The van der Waals surface area contributed by atoms with Gasteiger partial charge in [-0.1, -0.05) is 12.1 Å². The van der Waals surface area contributed by atoms with E-state index in [1.54, 1.807) is 0 Å². The number of anilines is 1. The van der Waals surface area contributed by atoms with E-state index in [-0.39, 0.29) is 0 Å². The van der Waals surface area contributed by atoms with Crippen LogP contribution in [-0.4, -0.2) is 46.5 Å². The summed E-state index contributed by atoms with van der Waals surface area (Å²) < 4.78 is 2.15.